The van der Waals surface area contributed by atoms with Crippen molar-refractivity contribution in [2.75, 3.05) is 13.7 Å². The van der Waals surface area contributed by atoms with E-state index in [1.54, 1.807) is 32.2 Å². The van der Waals surface area contributed by atoms with Crippen molar-refractivity contribution < 1.29 is 18.3 Å². The molecule has 2 N–H and O–H groups in total. The summed E-state index contributed by atoms with van der Waals surface area (Å²) in [6.07, 6.45) is 0. The van der Waals surface area contributed by atoms with Gasteiger partial charge in [-0.2, -0.15) is 8.78 Å². The molecular weight excluding hydrogens is 481 g/mol. The van der Waals surface area contributed by atoms with E-state index in [4.69, 9.17) is 4.74 Å². The Morgan fingerprint density at radius 2 is 1.86 bits per heavy atom. The Balaban J connectivity index is 0.00000392. The first kappa shape index (κ1) is 23.9. The minimum absolute atomic E-state index is 0. The maximum Gasteiger partial charge on any atom is 0.387 e. The van der Waals surface area contributed by atoms with Gasteiger partial charge in [-0.05, 0) is 32.0 Å². The lowest BCUT2D eigenvalue weighted by atomic mass is 10.2. The average molecular weight is 506 g/mol. The highest BCUT2D eigenvalue weighted by Gasteiger charge is 2.16. The lowest BCUT2D eigenvalue weighted by molar-refractivity contribution is -0.0520. The molecule has 2 aromatic rings. The van der Waals surface area contributed by atoms with E-state index < -0.39 is 6.61 Å². The highest BCUT2D eigenvalue weighted by atomic mass is 127. The normalized spacial score (nSPS) is 11.0. The van der Waals surface area contributed by atoms with Crippen molar-refractivity contribution in [3.05, 3.63) is 53.3 Å². The van der Waals surface area contributed by atoms with E-state index in [1.807, 2.05) is 25.1 Å². The van der Waals surface area contributed by atoms with Gasteiger partial charge in [0, 0.05) is 24.8 Å². The minimum Gasteiger partial charge on any atom is -0.490 e. The number of aromatic nitrogens is 1. The Bertz CT molecular complexity index is 775. The van der Waals surface area contributed by atoms with Gasteiger partial charge in [-0.1, -0.05) is 18.2 Å². The van der Waals surface area contributed by atoms with Crippen LogP contribution in [0.25, 0.3) is 0 Å². The smallest absolute Gasteiger partial charge is 0.387 e. The summed E-state index contributed by atoms with van der Waals surface area (Å²) in [4.78, 5) is 8.55. The third kappa shape index (κ3) is 7.45. The number of aliphatic imine (C=N–C) groups is 1. The van der Waals surface area contributed by atoms with Crippen molar-refractivity contribution in [3.8, 4) is 11.5 Å². The number of nitrogens with one attached hydrogen (secondary N) is 2. The number of benzene rings is 1. The van der Waals surface area contributed by atoms with Crippen molar-refractivity contribution in [3.63, 3.8) is 0 Å². The number of halogens is 3. The number of hydrogen-bond acceptors (Lipinski definition) is 4. The van der Waals surface area contributed by atoms with Crippen LogP contribution in [-0.2, 0) is 13.1 Å². The van der Waals surface area contributed by atoms with Gasteiger partial charge < -0.3 is 20.1 Å². The molecule has 0 aliphatic rings. The molecule has 2 rings (SSSR count). The topological polar surface area (TPSA) is 67.8 Å². The Hall–Kier alpha value is -2.17. The van der Waals surface area contributed by atoms with Gasteiger partial charge in [0.15, 0.2) is 17.5 Å². The van der Waals surface area contributed by atoms with E-state index in [9.17, 15) is 8.78 Å². The van der Waals surface area contributed by atoms with E-state index in [-0.39, 0.29) is 42.0 Å². The molecule has 9 heteroatoms. The van der Waals surface area contributed by atoms with Gasteiger partial charge in [-0.15, -0.1) is 24.0 Å². The molecule has 0 fully saturated rings. The van der Waals surface area contributed by atoms with Crippen molar-refractivity contribution in [2.24, 2.45) is 4.99 Å². The number of alkyl halides is 2. The van der Waals surface area contributed by atoms with Gasteiger partial charge in [0.25, 0.3) is 0 Å². The molecule has 1 heterocycles. The highest BCUT2D eigenvalue weighted by Crippen LogP contribution is 2.32. The van der Waals surface area contributed by atoms with Crippen LogP contribution in [0.1, 0.15) is 23.9 Å². The van der Waals surface area contributed by atoms with Crippen molar-refractivity contribution in [1.82, 2.24) is 15.6 Å². The summed E-state index contributed by atoms with van der Waals surface area (Å²) in [7, 11) is 1.63. The number of ether oxygens (including phenoxy) is 2. The quantitative estimate of drug-likeness (QED) is 0.323. The summed E-state index contributed by atoms with van der Waals surface area (Å²) < 4.78 is 35.6. The van der Waals surface area contributed by atoms with Crippen LogP contribution in [0.2, 0.25) is 0 Å². The van der Waals surface area contributed by atoms with Gasteiger partial charge in [-0.25, -0.2) is 0 Å². The molecule has 0 atom stereocenters. The van der Waals surface area contributed by atoms with Crippen molar-refractivity contribution in [1.29, 1.82) is 0 Å². The fraction of sp³-hybridized carbons (Fsp3) is 0.368. The van der Waals surface area contributed by atoms with Gasteiger partial charge in [0.2, 0.25) is 0 Å². The summed E-state index contributed by atoms with van der Waals surface area (Å²) in [5.41, 5.74) is 2.34. The van der Waals surface area contributed by atoms with Crippen LogP contribution in [0.15, 0.2) is 41.4 Å². The minimum atomic E-state index is -2.94. The maximum absolute atomic E-state index is 12.8. The summed E-state index contributed by atoms with van der Waals surface area (Å²) in [6, 6.07) is 10.8. The van der Waals surface area contributed by atoms with Crippen LogP contribution in [-0.4, -0.2) is 31.2 Å². The molecule has 0 bridgehead atoms. The molecule has 1 aromatic heterocycles. The number of guanidine groups is 1. The molecule has 28 heavy (non-hydrogen) atoms. The van der Waals surface area contributed by atoms with Crippen LogP contribution < -0.4 is 20.1 Å². The van der Waals surface area contributed by atoms with Gasteiger partial charge in [0.1, 0.15) is 0 Å². The van der Waals surface area contributed by atoms with E-state index >= 15 is 0 Å². The molecule has 0 amide bonds. The zero-order chi connectivity index (χ0) is 19.6. The van der Waals surface area contributed by atoms with E-state index in [2.05, 4.69) is 25.3 Å². The standard InChI is InChI=1S/C19H24F2N4O2.HI/c1-4-26-16-10-6-8-14(17(16)27-18(20)21)11-23-19(22-3)24-12-15-9-5-7-13(2)25-15;/h5-10,18H,4,11-12H2,1-3H3,(H2,22,23,24);1H. The van der Waals surface area contributed by atoms with E-state index in [1.165, 1.54) is 0 Å². The molecule has 0 spiro atoms. The monoisotopic (exact) mass is 506 g/mol. The third-order valence-electron chi connectivity index (χ3n) is 3.62. The van der Waals surface area contributed by atoms with E-state index in [0.717, 1.165) is 11.4 Å². The number of para-hydroxylation sites is 1. The molecule has 0 unspecified atom stereocenters. The maximum atomic E-state index is 12.8. The second-order valence-electron chi connectivity index (χ2n) is 5.61. The second-order valence-corrected chi connectivity index (χ2v) is 5.61. The SMILES string of the molecule is CCOc1cccc(CNC(=NC)NCc2cccc(C)n2)c1OC(F)F.I. The molecule has 6 nitrogen and oxygen atoms in total. The first-order valence-electron chi connectivity index (χ1n) is 8.60. The zero-order valence-electron chi connectivity index (χ0n) is 16.0. The van der Waals surface area contributed by atoms with Gasteiger partial charge in [0.05, 0.1) is 18.8 Å². The Morgan fingerprint density at radius 3 is 2.50 bits per heavy atom. The number of rotatable bonds is 8. The predicted molar refractivity (Wildman–Crippen MR) is 116 cm³/mol. The van der Waals surface area contributed by atoms with E-state index in [0.29, 0.717) is 24.7 Å². The molecule has 0 radical (unpaired) electrons. The first-order valence-corrected chi connectivity index (χ1v) is 8.60. The third-order valence-corrected chi connectivity index (χ3v) is 3.62. The van der Waals surface area contributed by atoms with Crippen molar-refractivity contribution in [2.45, 2.75) is 33.5 Å². The number of aryl methyl sites for hydroxylation is 1. The fourth-order valence-electron chi connectivity index (χ4n) is 2.46. The molecule has 0 aliphatic carbocycles. The van der Waals surface area contributed by atoms with Crippen LogP contribution in [0, 0.1) is 6.92 Å². The molecular formula is C19H25F2IN4O2. The molecule has 0 saturated carbocycles. The summed E-state index contributed by atoms with van der Waals surface area (Å²) in [5, 5.41) is 6.22. The summed E-state index contributed by atoms with van der Waals surface area (Å²) in [5.74, 6) is 0.824. The first-order chi connectivity index (χ1) is 13.0. The zero-order valence-corrected chi connectivity index (χ0v) is 18.4. The van der Waals surface area contributed by atoms with Gasteiger partial charge >= 0.3 is 6.61 Å². The number of hydrogen-bond donors (Lipinski definition) is 2. The lowest BCUT2D eigenvalue weighted by Gasteiger charge is -2.17. The Labute approximate surface area is 180 Å². The number of pyridine rings is 1. The molecule has 1 aromatic carbocycles. The Kier molecular flexibility index (Phi) is 10.5. The van der Waals surface area contributed by atoms with Crippen LogP contribution >= 0.6 is 24.0 Å². The average Bonchev–Trinajstić information content (AvgIpc) is 2.64. The van der Waals surface area contributed by atoms with Gasteiger partial charge in [-0.3, -0.25) is 9.98 Å². The van der Waals surface area contributed by atoms with Crippen LogP contribution in [0.3, 0.4) is 0 Å². The fourth-order valence-corrected chi connectivity index (χ4v) is 2.46. The van der Waals surface area contributed by atoms with Crippen LogP contribution in [0.5, 0.6) is 11.5 Å². The molecule has 0 saturated heterocycles. The summed E-state index contributed by atoms with van der Waals surface area (Å²) in [6.45, 7) is 1.85. The second kappa shape index (κ2) is 12.3. The molecule has 0 aliphatic heterocycles. The summed E-state index contributed by atoms with van der Waals surface area (Å²) >= 11 is 0. The highest BCUT2D eigenvalue weighted by molar-refractivity contribution is 14.0. The lowest BCUT2D eigenvalue weighted by Crippen LogP contribution is -2.36. The van der Waals surface area contributed by atoms with Crippen LogP contribution in [0.4, 0.5) is 8.78 Å². The Morgan fingerprint density at radius 1 is 1.14 bits per heavy atom. The predicted octanol–water partition coefficient (Wildman–Crippen LogP) is 3.87. The largest absolute Gasteiger partial charge is 0.490 e. The molecule has 154 valence electrons. The number of nitrogens with zero attached hydrogens (tertiary/aromatic N) is 2. The van der Waals surface area contributed by atoms with Crippen molar-refractivity contribution >= 4 is 29.9 Å².